The first-order valence-corrected chi connectivity index (χ1v) is 6.07. The van der Waals surface area contributed by atoms with Crippen molar-refractivity contribution in [3.8, 4) is 0 Å². The normalized spacial score (nSPS) is 14.9. The van der Waals surface area contributed by atoms with Crippen LogP contribution in [0.25, 0.3) is 0 Å². The van der Waals surface area contributed by atoms with E-state index in [-0.39, 0.29) is 6.04 Å². The minimum Gasteiger partial charge on any atom is -0.327 e. The van der Waals surface area contributed by atoms with Gasteiger partial charge in [0.25, 0.3) is 0 Å². The van der Waals surface area contributed by atoms with Crippen molar-refractivity contribution in [3.63, 3.8) is 0 Å². The van der Waals surface area contributed by atoms with Crippen LogP contribution in [-0.4, -0.2) is 6.04 Å². The first-order chi connectivity index (χ1) is 7.19. The second-order valence-electron chi connectivity index (χ2n) is 4.02. The Morgan fingerprint density at radius 3 is 2.27 bits per heavy atom. The third-order valence-corrected chi connectivity index (χ3v) is 3.13. The van der Waals surface area contributed by atoms with Gasteiger partial charge < -0.3 is 5.73 Å². The Bertz CT molecular complexity index is 281. The van der Waals surface area contributed by atoms with Gasteiger partial charge in [-0.05, 0) is 36.5 Å². The van der Waals surface area contributed by atoms with Crippen LogP contribution in [0.1, 0.15) is 44.6 Å². The van der Waals surface area contributed by atoms with Crippen LogP contribution >= 0.6 is 11.6 Å². The first-order valence-electron chi connectivity index (χ1n) is 5.70. The molecule has 1 rings (SSSR count). The summed E-state index contributed by atoms with van der Waals surface area (Å²) in [5, 5.41) is 0.790. The van der Waals surface area contributed by atoms with Gasteiger partial charge in [-0.25, -0.2) is 0 Å². The second kappa shape index (κ2) is 6.14. The molecule has 1 aromatic rings. The zero-order valence-electron chi connectivity index (χ0n) is 9.54. The fourth-order valence-corrected chi connectivity index (χ4v) is 2.16. The van der Waals surface area contributed by atoms with Crippen LogP contribution < -0.4 is 5.73 Å². The molecule has 0 bridgehead atoms. The summed E-state index contributed by atoms with van der Waals surface area (Å²) in [6.07, 6.45) is 3.31. The number of rotatable bonds is 5. The molecular weight excluding hydrogens is 206 g/mol. The summed E-state index contributed by atoms with van der Waals surface area (Å²) in [4.78, 5) is 0. The minimum atomic E-state index is 0.265. The monoisotopic (exact) mass is 225 g/mol. The van der Waals surface area contributed by atoms with Crippen LogP contribution in [-0.2, 0) is 0 Å². The largest absolute Gasteiger partial charge is 0.327 e. The van der Waals surface area contributed by atoms with Crippen molar-refractivity contribution in [3.05, 3.63) is 34.9 Å². The molecule has 2 unspecified atom stereocenters. The molecular formula is C13H20ClN. The topological polar surface area (TPSA) is 26.0 Å². The van der Waals surface area contributed by atoms with Crippen LogP contribution in [0.4, 0.5) is 0 Å². The lowest BCUT2D eigenvalue weighted by molar-refractivity contribution is 0.483. The third kappa shape index (κ3) is 3.51. The standard InChI is InChI=1S/C13H20ClN/c1-3-5-13(15)12(4-2)10-6-8-11(14)9-7-10/h6-9,12-13H,3-5,15H2,1-2H3. The average molecular weight is 226 g/mol. The highest BCUT2D eigenvalue weighted by Gasteiger charge is 2.16. The number of hydrogen-bond acceptors (Lipinski definition) is 1. The van der Waals surface area contributed by atoms with E-state index in [9.17, 15) is 0 Å². The van der Waals surface area contributed by atoms with Gasteiger partial charge in [0, 0.05) is 11.1 Å². The average Bonchev–Trinajstić information content (AvgIpc) is 2.22. The number of halogens is 1. The molecule has 0 saturated carbocycles. The summed E-state index contributed by atoms with van der Waals surface area (Å²) in [5.74, 6) is 0.460. The maximum absolute atomic E-state index is 6.18. The number of hydrogen-bond donors (Lipinski definition) is 1. The third-order valence-electron chi connectivity index (χ3n) is 2.88. The van der Waals surface area contributed by atoms with Gasteiger partial charge in [0.1, 0.15) is 0 Å². The number of benzene rings is 1. The molecule has 1 nitrogen and oxygen atoms in total. The quantitative estimate of drug-likeness (QED) is 0.807. The summed E-state index contributed by atoms with van der Waals surface area (Å²) in [7, 11) is 0. The van der Waals surface area contributed by atoms with Crippen molar-refractivity contribution in [2.24, 2.45) is 5.73 Å². The SMILES string of the molecule is CCCC(N)C(CC)c1ccc(Cl)cc1. The molecule has 0 fully saturated rings. The maximum Gasteiger partial charge on any atom is 0.0406 e. The molecule has 2 heteroatoms. The van der Waals surface area contributed by atoms with Crippen molar-refractivity contribution in [1.82, 2.24) is 0 Å². The highest BCUT2D eigenvalue weighted by molar-refractivity contribution is 6.30. The van der Waals surface area contributed by atoms with Gasteiger partial charge in [-0.3, -0.25) is 0 Å². The van der Waals surface area contributed by atoms with E-state index in [0.29, 0.717) is 5.92 Å². The molecule has 0 aliphatic heterocycles. The Labute approximate surface area is 97.6 Å². The molecule has 0 heterocycles. The molecule has 0 radical (unpaired) electrons. The van der Waals surface area contributed by atoms with E-state index in [2.05, 4.69) is 26.0 Å². The van der Waals surface area contributed by atoms with Crippen LogP contribution in [0, 0.1) is 0 Å². The summed E-state index contributed by atoms with van der Waals surface area (Å²) < 4.78 is 0. The Balaban J connectivity index is 2.77. The summed E-state index contributed by atoms with van der Waals surface area (Å²) in [6.45, 7) is 4.36. The lowest BCUT2D eigenvalue weighted by Gasteiger charge is -2.22. The van der Waals surface area contributed by atoms with Crippen LogP contribution in [0.3, 0.4) is 0 Å². The molecule has 0 aliphatic carbocycles. The van der Waals surface area contributed by atoms with Gasteiger partial charge in [-0.15, -0.1) is 0 Å². The Kier molecular flexibility index (Phi) is 5.13. The van der Waals surface area contributed by atoms with E-state index in [1.54, 1.807) is 0 Å². The maximum atomic E-state index is 6.18. The molecule has 15 heavy (non-hydrogen) atoms. The Hall–Kier alpha value is -0.530. The van der Waals surface area contributed by atoms with Gasteiger partial charge >= 0.3 is 0 Å². The highest BCUT2D eigenvalue weighted by atomic mass is 35.5. The van der Waals surface area contributed by atoms with Crippen LogP contribution in [0.15, 0.2) is 24.3 Å². The molecule has 0 amide bonds. The minimum absolute atomic E-state index is 0.265. The number of nitrogens with two attached hydrogens (primary N) is 1. The van der Waals surface area contributed by atoms with E-state index in [1.807, 2.05) is 12.1 Å². The smallest absolute Gasteiger partial charge is 0.0406 e. The lowest BCUT2D eigenvalue weighted by Crippen LogP contribution is -2.27. The van der Waals surface area contributed by atoms with E-state index in [0.717, 1.165) is 24.3 Å². The summed E-state index contributed by atoms with van der Waals surface area (Å²) in [6, 6.07) is 8.33. The molecule has 0 aliphatic rings. The Morgan fingerprint density at radius 2 is 1.80 bits per heavy atom. The van der Waals surface area contributed by atoms with Crippen molar-refractivity contribution in [2.45, 2.75) is 45.1 Å². The molecule has 0 saturated heterocycles. The van der Waals surface area contributed by atoms with E-state index in [4.69, 9.17) is 17.3 Å². The van der Waals surface area contributed by atoms with Crippen LogP contribution in [0.5, 0.6) is 0 Å². The highest BCUT2D eigenvalue weighted by Crippen LogP contribution is 2.25. The molecule has 2 atom stereocenters. The summed E-state index contributed by atoms with van der Waals surface area (Å²) >= 11 is 5.87. The van der Waals surface area contributed by atoms with Gasteiger partial charge in [-0.2, -0.15) is 0 Å². The van der Waals surface area contributed by atoms with E-state index in [1.165, 1.54) is 5.56 Å². The zero-order chi connectivity index (χ0) is 11.3. The molecule has 0 aromatic heterocycles. The van der Waals surface area contributed by atoms with Gasteiger partial charge in [0.15, 0.2) is 0 Å². The predicted molar refractivity (Wildman–Crippen MR) is 67.4 cm³/mol. The van der Waals surface area contributed by atoms with Gasteiger partial charge in [0.05, 0.1) is 0 Å². The molecule has 1 aromatic carbocycles. The van der Waals surface area contributed by atoms with Gasteiger partial charge in [-0.1, -0.05) is 44.0 Å². The lowest BCUT2D eigenvalue weighted by atomic mass is 9.87. The Morgan fingerprint density at radius 1 is 1.20 bits per heavy atom. The van der Waals surface area contributed by atoms with E-state index < -0.39 is 0 Å². The molecule has 0 spiro atoms. The first kappa shape index (κ1) is 12.5. The van der Waals surface area contributed by atoms with Crippen molar-refractivity contribution in [2.75, 3.05) is 0 Å². The molecule has 2 N–H and O–H groups in total. The summed E-state index contributed by atoms with van der Waals surface area (Å²) in [5.41, 5.74) is 7.48. The second-order valence-corrected chi connectivity index (χ2v) is 4.46. The fraction of sp³-hybridized carbons (Fsp3) is 0.538. The molecule has 84 valence electrons. The fourth-order valence-electron chi connectivity index (χ4n) is 2.03. The zero-order valence-corrected chi connectivity index (χ0v) is 10.3. The van der Waals surface area contributed by atoms with Crippen LogP contribution in [0.2, 0.25) is 5.02 Å². The van der Waals surface area contributed by atoms with Crippen molar-refractivity contribution in [1.29, 1.82) is 0 Å². The predicted octanol–water partition coefficient (Wildman–Crippen LogP) is 3.96. The van der Waals surface area contributed by atoms with E-state index >= 15 is 0 Å². The van der Waals surface area contributed by atoms with Crippen molar-refractivity contribution < 1.29 is 0 Å². The van der Waals surface area contributed by atoms with Gasteiger partial charge in [0.2, 0.25) is 0 Å². The van der Waals surface area contributed by atoms with Crippen molar-refractivity contribution >= 4 is 11.6 Å².